The van der Waals surface area contributed by atoms with Crippen LogP contribution in [0.5, 0.6) is 11.5 Å². The van der Waals surface area contributed by atoms with Crippen molar-refractivity contribution >= 4 is 29.4 Å². The lowest BCUT2D eigenvalue weighted by molar-refractivity contribution is -0.120. The maximum Gasteiger partial charge on any atom is 0.257 e. The average molecular weight is 420 g/mol. The minimum absolute atomic E-state index is 0.103. The Balaban J connectivity index is 1.46. The molecule has 0 saturated heterocycles. The minimum atomic E-state index is -0.454. The number of para-hydroxylation sites is 1. The highest BCUT2D eigenvalue weighted by atomic mass is 35.5. The Hall–Kier alpha value is -3.64. The number of hydrogen-bond acceptors (Lipinski definition) is 4. The smallest absolute Gasteiger partial charge is 0.257 e. The SMILES string of the molecule is O=C1CC(c2ccccc2Cl)N=C(NC(=O)c2ccc(Oc3ccccc3)cc2)N1. The molecule has 0 spiro atoms. The molecule has 6 nitrogen and oxygen atoms in total. The first-order valence-electron chi connectivity index (χ1n) is 9.35. The van der Waals surface area contributed by atoms with Crippen molar-refractivity contribution in [1.82, 2.24) is 10.6 Å². The Labute approximate surface area is 178 Å². The van der Waals surface area contributed by atoms with Crippen molar-refractivity contribution in [2.24, 2.45) is 4.99 Å². The molecule has 150 valence electrons. The zero-order valence-corrected chi connectivity index (χ0v) is 16.6. The molecule has 0 bridgehead atoms. The van der Waals surface area contributed by atoms with E-state index in [1.54, 1.807) is 30.3 Å². The number of carbonyl (C=O) groups excluding carboxylic acids is 2. The third-order valence-electron chi connectivity index (χ3n) is 4.51. The molecule has 1 unspecified atom stereocenters. The topological polar surface area (TPSA) is 79.8 Å². The number of ether oxygens (including phenoxy) is 1. The molecule has 0 aromatic heterocycles. The second-order valence-corrected chi connectivity index (χ2v) is 7.07. The molecule has 2 amide bonds. The van der Waals surface area contributed by atoms with Crippen molar-refractivity contribution in [3.8, 4) is 11.5 Å². The molecule has 1 heterocycles. The predicted octanol–water partition coefficient (Wildman–Crippen LogP) is 4.48. The Bertz CT molecular complexity index is 1100. The fraction of sp³-hybridized carbons (Fsp3) is 0.0870. The van der Waals surface area contributed by atoms with Gasteiger partial charge in [-0.15, -0.1) is 0 Å². The molecule has 3 aromatic rings. The molecule has 0 aliphatic carbocycles. The first-order valence-corrected chi connectivity index (χ1v) is 9.73. The lowest BCUT2D eigenvalue weighted by Gasteiger charge is -2.22. The van der Waals surface area contributed by atoms with Crippen molar-refractivity contribution in [3.63, 3.8) is 0 Å². The van der Waals surface area contributed by atoms with Crippen LogP contribution in [-0.4, -0.2) is 17.8 Å². The zero-order valence-electron chi connectivity index (χ0n) is 15.8. The normalized spacial score (nSPS) is 15.7. The van der Waals surface area contributed by atoms with Gasteiger partial charge in [-0.3, -0.25) is 20.2 Å². The summed E-state index contributed by atoms with van der Waals surface area (Å²) in [4.78, 5) is 29.1. The van der Waals surface area contributed by atoms with E-state index in [2.05, 4.69) is 15.6 Å². The number of nitrogens with zero attached hydrogens (tertiary/aromatic N) is 1. The first-order chi connectivity index (χ1) is 14.6. The summed E-state index contributed by atoms with van der Waals surface area (Å²) in [7, 11) is 0. The maximum absolute atomic E-state index is 12.6. The number of aliphatic imine (C=N–C) groups is 1. The van der Waals surface area contributed by atoms with Crippen molar-refractivity contribution in [1.29, 1.82) is 0 Å². The van der Waals surface area contributed by atoms with Crippen LogP contribution in [0.2, 0.25) is 5.02 Å². The highest BCUT2D eigenvalue weighted by Gasteiger charge is 2.25. The van der Waals surface area contributed by atoms with Crippen molar-refractivity contribution < 1.29 is 14.3 Å². The van der Waals surface area contributed by atoms with Crippen molar-refractivity contribution in [3.05, 3.63) is 95.0 Å². The largest absolute Gasteiger partial charge is 0.457 e. The zero-order chi connectivity index (χ0) is 20.9. The Morgan fingerprint density at radius 3 is 2.37 bits per heavy atom. The summed E-state index contributed by atoms with van der Waals surface area (Å²) in [5.74, 6) is 0.794. The quantitative estimate of drug-likeness (QED) is 0.654. The molecule has 7 heteroatoms. The van der Waals surface area contributed by atoms with Gasteiger partial charge in [0.15, 0.2) is 0 Å². The van der Waals surface area contributed by atoms with Gasteiger partial charge in [-0.05, 0) is 48.0 Å². The lowest BCUT2D eigenvalue weighted by Crippen LogP contribution is -2.47. The van der Waals surface area contributed by atoms with Crippen LogP contribution in [0.4, 0.5) is 0 Å². The summed E-state index contributed by atoms with van der Waals surface area (Å²) in [6.07, 6.45) is 0.161. The Kier molecular flexibility index (Phi) is 5.77. The van der Waals surface area contributed by atoms with Crippen LogP contribution in [0.25, 0.3) is 0 Å². The number of rotatable bonds is 4. The number of guanidine groups is 1. The number of halogens is 1. The van der Waals surface area contributed by atoms with E-state index < -0.39 is 6.04 Å². The Morgan fingerprint density at radius 1 is 0.967 bits per heavy atom. The van der Waals surface area contributed by atoms with Gasteiger partial charge in [0, 0.05) is 10.6 Å². The van der Waals surface area contributed by atoms with E-state index in [1.165, 1.54) is 0 Å². The van der Waals surface area contributed by atoms with E-state index in [0.29, 0.717) is 22.1 Å². The summed E-state index contributed by atoms with van der Waals surface area (Å²) < 4.78 is 5.73. The summed E-state index contributed by atoms with van der Waals surface area (Å²) in [6, 6.07) is 22.8. The van der Waals surface area contributed by atoms with Crippen LogP contribution in [0.15, 0.2) is 83.9 Å². The number of hydrogen-bond donors (Lipinski definition) is 2. The standard InChI is InChI=1S/C23H18ClN3O3/c24-19-9-5-4-8-18(19)20-14-21(28)26-23(25-20)27-22(29)15-10-12-17(13-11-15)30-16-6-2-1-3-7-16/h1-13,20H,14H2,(H2,25,26,27,28,29). The summed E-state index contributed by atoms with van der Waals surface area (Å²) >= 11 is 6.23. The van der Waals surface area contributed by atoms with Crippen LogP contribution in [0, 0.1) is 0 Å². The van der Waals surface area contributed by atoms with Gasteiger partial charge in [0.25, 0.3) is 5.91 Å². The van der Waals surface area contributed by atoms with Crippen LogP contribution in [-0.2, 0) is 4.79 Å². The van der Waals surface area contributed by atoms with Gasteiger partial charge in [0.1, 0.15) is 11.5 Å². The molecule has 0 fully saturated rings. The van der Waals surface area contributed by atoms with E-state index in [-0.39, 0.29) is 24.2 Å². The van der Waals surface area contributed by atoms with Gasteiger partial charge in [-0.25, -0.2) is 4.99 Å². The minimum Gasteiger partial charge on any atom is -0.457 e. The van der Waals surface area contributed by atoms with Gasteiger partial charge in [-0.1, -0.05) is 48.0 Å². The maximum atomic E-state index is 12.6. The van der Waals surface area contributed by atoms with Gasteiger partial charge < -0.3 is 4.74 Å². The van der Waals surface area contributed by atoms with E-state index in [9.17, 15) is 9.59 Å². The number of carbonyl (C=O) groups is 2. The second-order valence-electron chi connectivity index (χ2n) is 6.66. The molecule has 0 radical (unpaired) electrons. The van der Waals surface area contributed by atoms with E-state index in [0.717, 1.165) is 5.56 Å². The van der Waals surface area contributed by atoms with Crippen LogP contribution in [0.1, 0.15) is 28.4 Å². The van der Waals surface area contributed by atoms with E-state index in [1.807, 2.05) is 48.5 Å². The van der Waals surface area contributed by atoms with Gasteiger partial charge >= 0.3 is 0 Å². The predicted molar refractivity (Wildman–Crippen MR) is 115 cm³/mol. The summed E-state index contributed by atoms with van der Waals surface area (Å²) in [6.45, 7) is 0. The fourth-order valence-electron chi connectivity index (χ4n) is 3.06. The monoisotopic (exact) mass is 419 g/mol. The lowest BCUT2D eigenvalue weighted by atomic mass is 10.0. The third kappa shape index (κ3) is 4.67. The molecule has 1 aliphatic heterocycles. The molecule has 4 rings (SSSR count). The molecule has 1 atom stereocenters. The fourth-order valence-corrected chi connectivity index (χ4v) is 3.32. The summed E-state index contributed by atoms with van der Waals surface area (Å²) in [5, 5.41) is 5.77. The van der Waals surface area contributed by atoms with Crippen LogP contribution in [0.3, 0.4) is 0 Å². The number of amides is 2. The first kappa shape index (κ1) is 19.7. The number of benzene rings is 3. The van der Waals surface area contributed by atoms with Gasteiger partial charge in [0.05, 0.1) is 12.5 Å². The molecule has 1 aliphatic rings. The molecular weight excluding hydrogens is 402 g/mol. The van der Waals surface area contributed by atoms with E-state index >= 15 is 0 Å². The highest BCUT2D eigenvalue weighted by molar-refractivity contribution is 6.31. The molecule has 2 N–H and O–H groups in total. The third-order valence-corrected chi connectivity index (χ3v) is 4.86. The van der Waals surface area contributed by atoms with Gasteiger partial charge in [-0.2, -0.15) is 0 Å². The molecule has 3 aromatic carbocycles. The second kappa shape index (κ2) is 8.80. The van der Waals surface area contributed by atoms with Crippen molar-refractivity contribution in [2.45, 2.75) is 12.5 Å². The van der Waals surface area contributed by atoms with Crippen LogP contribution < -0.4 is 15.4 Å². The molecule has 30 heavy (non-hydrogen) atoms. The average Bonchev–Trinajstić information content (AvgIpc) is 2.75. The number of nitrogens with one attached hydrogen (secondary N) is 2. The van der Waals surface area contributed by atoms with Crippen molar-refractivity contribution in [2.75, 3.05) is 0 Å². The highest BCUT2D eigenvalue weighted by Crippen LogP contribution is 2.29. The molecule has 0 saturated carbocycles. The van der Waals surface area contributed by atoms with Gasteiger partial charge in [0.2, 0.25) is 11.9 Å². The Morgan fingerprint density at radius 2 is 1.63 bits per heavy atom. The van der Waals surface area contributed by atoms with E-state index in [4.69, 9.17) is 16.3 Å². The summed E-state index contributed by atoms with van der Waals surface area (Å²) in [5.41, 5.74) is 1.15. The molecular formula is C23H18ClN3O3. The van der Waals surface area contributed by atoms with Crippen LogP contribution >= 0.6 is 11.6 Å².